The lowest BCUT2D eigenvalue weighted by atomic mass is 10.00. The molecular formula is C27H27FN4O6S. The fourth-order valence-electron chi connectivity index (χ4n) is 4.55. The molecule has 1 aromatic heterocycles. The number of ether oxygens (including phenoxy) is 1. The van der Waals surface area contributed by atoms with Crippen LogP contribution in [0, 0.1) is 5.82 Å². The van der Waals surface area contributed by atoms with Crippen LogP contribution in [0.3, 0.4) is 0 Å². The molecule has 204 valence electrons. The van der Waals surface area contributed by atoms with Crippen molar-refractivity contribution in [3.8, 4) is 5.75 Å². The van der Waals surface area contributed by atoms with E-state index in [0.717, 1.165) is 10.9 Å². The predicted molar refractivity (Wildman–Crippen MR) is 143 cm³/mol. The molecule has 1 fully saturated rings. The minimum absolute atomic E-state index is 0.0464. The van der Waals surface area contributed by atoms with E-state index in [1.165, 1.54) is 45.4 Å². The second-order valence-corrected chi connectivity index (χ2v) is 9.86. The summed E-state index contributed by atoms with van der Waals surface area (Å²) in [5, 5.41) is 12.6. The third kappa shape index (κ3) is 6.41. The van der Waals surface area contributed by atoms with Gasteiger partial charge in [0.25, 0.3) is 0 Å². The quantitative estimate of drug-likeness (QED) is 0.246. The second kappa shape index (κ2) is 12.5. The number of aliphatic carboxylic acids is 1. The van der Waals surface area contributed by atoms with E-state index < -0.39 is 29.8 Å². The van der Waals surface area contributed by atoms with Crippen molar-refractivity contribution < 1.29 is 33.4 Å². The van der Waals surface area contributed by atoms with E-state index in [2.05, 4.69) is 5.43 Å². The summed E-state index contributed by atoms with van der Waals surface area (Å²) in [6, 6.07) is 12.8. The largest absolute Gasteiger partial charge is 0.497 e. The number of hydrogen-bond acceptors (Lipinski definition) is 7. The van der Waals surface area contributed by atoms with E-state index in [1.54, 1.807) is 24.3 Å². The molecule has 4 rings (SSSR count). The lowest BCUT2D eigenvalue weighted by Gasteiger charge is -2.32. The topological polar surface area (TPSA) is 119 Å². The zero-order valence-electron chi connectivity index (χ0n) is 21.0. The highest BCUT2D eigenvalue weighted by Crippen LogP contribution is 2.34. The van der Waals surface area contributed by atoms with Gasteiger partial charge in [0.1, 0.15) is 11.6 Å². The van der Waals surface area contributed by atoms with Gasteiger partial charge in [-0.05, 0) is 47.3 Å². The van der Waals surface area contributed by atoms with Crippen LogP contribution in [0.1, 0.15) is 29.3 Å². The molecule has 0 bridgehead atoms. The Balaban J connectivity index is 1.56. The van der Waals surface area contributed by atoms with Gasteiger partial charge in [0.2, 0.25) is 18.7 Å². The fourth-order valence-corrected chi connectivity index (χ4v) is 5.18. The normalized spacial score (nSPS) is 15.6. The third-order valence-electron chi connectivity index (χ3n) is 6.48. The number of thiophene rings is 1. The van der Waals surface area contributed by atoms with Gasteiger partial charge in [-0.1, -0.05) is 18.2 Å². The maximum Gasteiger partial charge on any atom is 0.305 e. The van der Waals surface area contributed by atoms with Gasteiger partial charge in [-0.3, -0.25) is 19.2 Å². The molecule has 2 N–H and O–H groups in total. The summed E-state index contributed by atoms with van der Waals surface area (Å²) in [4.78, 5) is 52.2. The van der Waals surface area contributed by atoms with Crippen LogP contribution in [0.25, 0.3) is 0 Å². The van der Waals surface area contributed by atoms with Crippen molar-refractivity contribution in [2.24, 2.45) is 0 Å². The van der Waals surface area contributed by atoms with Gasteiger partial charge < -0.3 is 19.6 Å². The summed E-state index contributed by atoms with van der Waals surface area (Å²) in [5.74, 6) is -1.66. The smallest absolute Gasteiger partial charge is 0.305 e. The van der Waals surface area contributed by atoms with Gasteiger partial charge in [0.05, 0.1) is 37.0 Å². The molecule has 2 unspecified atom stereocenters. The summed E-state index contributed by atoms with van der Waals surface area (Å²) < 4.78 is 20.1. The first-order chi connectivity index (χ1) is 18.8. The van der Waals surface area contributed by atoms with Gasteiger partial charge in [-0.2, -0.15) is 0 Å². The standard InChI is InChI=1S/C27H27FN4O6S/c1-38-21-7-4-18(5-8-21)24(13-27(36)37)31(16-33)20-12-26(35)30(15-20)25-11-19(6-9-23(25)28)32(17-34)29-14-22-3-2-10-39-22/h2-11,16-17,20,24,29H,12-15H2,1H3,(H,36,37). The van der Waals surface area contributed by atoms with Crippen molar-refractivity contribution in [2.75, 3.05) is 23.6 Å². The lowest BCUT2D eigenvalue weighted by Crippen LogP contribution is -2.40. The number of carbonyl (C=O) groups is 4. The Kier molecular flexibility index (Phi) is 8.89. The number of hydrogen-bond donors (Lipinski definition) is 2. The van der Waals surface area contributed by atoms with E-state index in [1.807, 2.05) is 17.5 Å². The SMILES string of the molecule is COc1ccc(C(CC(=O)O)N(C=O)C2CC(=O)N(c3cc(N(C=O)NCc4cccs4)ccc3F)C2)cc1. The Labute approximate surface area is 228 Å². The molecule has 39 heavy (non-hydrogen) atoms. The molecule has 3 aromatic rings. The van der Waals surface area contributed by atoms with E-state index in [4.69, 9.17) is 4.74 Å². The summed E-state index contributed by atoms with van der Waals surface area (Å²) in [7, 11) is 1.50. The minimum Gasteiger partial charge on any atom is -0.497 e. The summed E-state index contributed by atoms with van der Waals surface area (Å²) in [6.07, 6.45) is 0.569. The van der Waals surface area contributed by atoms with E-state index >= 15 is 0 Å². The number of amides is 3. The maximum atomic E-state index is 15.0. The van der Waals surface area contributed by atoms with E-state index in [9.17, 15) is 28.7 Å². The van der Waals surface area contributed by atoms with E-state index in [-0.39, 0.29) is 25.1 Å². The molecule has 0 radical (unpaired) electrons. The number of anilines is 2. The number of halogens is 1. The van der Waals surface area contributed by atoms with Crippen LogP contribution in [-0.2, 0) is 25.7 Å². The molecule has 1 saturated heterocycles. The van der Waals surface area contributed by atoms with Crippen LogP contribution in [0.15, 0.2) is 60.0 Å². The highest BCUT2D eigenvalue weighted by atomic mass is 32.1. The average Bonchev–Trinajstić information content (AvgIpc) is 3.59. The van der Waals surface area contributed by atoms with Crippen LogP contribution in [0.5, 0.6) is 5.75 Å². The molecule has 2 aromatic carbocycles. The van der Waals surface area contributed by atoms with Gasteiger partial charge in [-0.15, -0.1) is 11.3 Å². The van der Waals surface area contributed by atoms with E-state index in [0.29, 0.717) is 36.4 Å². The van der Waals surface area contributed by atoms with Crippen LogP contribution >= 0.6 is 11.3 Å². The summed E-state index contributed by atoms with van der Waals surface area (Å²) in [6.45, 7) is 0.326. The van der Waals surface area contributed by atoms with Gasteiger partial charge in [0, 0.05) is 24.4 Å². The monoisotopic (exact) mass is 554 g/mol. The van der Waals surface area contributed by atoms with Gasteiger partial charge in [0.15, 0.2) is 0 Å². The molecule has 1 aliphatic heterocycles. The number of nitrogens with zero attached hydrogens (tertiary/aromatic N) is 3. The molecule has 2 atom stereocenters. The van der Waals surface area contributed by atoms with Crippen molar-refractivity contribution in [1.82, 2.24) is 10.3 Å². The lowest BCUT2D eigenvalue weighted by molar-refractivity contribution is -0.139. The molecule has 0 aliphatic carbocycles. The minimum atomic E-state index is -1.12. The first-order valence-corrected chi connectivity index (χ1v) is 12.9. The summed E-state index contributed by atoms with van der Waals surface area (Å²) >= 11 is 1.51. The number of nitrogens with one attached hydrogen (secondary N) is 1. The van der Waals surface area contributed by atoms with Crippen molar-refractivity contribution in [1.29, 1.82) is 0 Å². The van der Waals surface area contributed by atoms with Gasteiger partial charge in [-0.25, -0.2) is 14.8 Å². The Hall–Kier alpha value is -4.29. The highest BCUT2D eigenvalue weighted by molar-refractivity contribution is 7.09. The number of benzene rings is 2. The number of rotatable bonds is 13. The van der Waals surface area contributed by atoms with Crippen molar-refractivity contribution in [3.63, 3.8) is 0 Å². The van der Waals surface area contributed by atoms with Crippen LogP contribution in [0.2, 0.25) is 0 Å². The van der Waals surface area contributed by atoms with Crippen LogP contribution < -0.4 is 20.1 Å². The van der Waals surface area contributed by atoms with Crippen LogP contribution in [-0.4, -0.2) is 54.4 Å². The molecule has 0 saturated carbocycles. The first-order valence-electron chi connectivity index (χ1n) is 12.0. The van der Waals surface area contributed by atoms with Crippen molar-refractivity contribution in [2.45, 2.75) is 31.5 Å². The number of methoxy groups -OCH3 is 1. The van der Waals surface area contributed by atoms with Gasteiger partial charge >= 0.3 is 5.97 Å². The Bertz CT molecular complexity index is 1320. The third-order valence-corrected chi connectivity index (χ3v) is 7.36. The predicted octanol–water partition coefficient (Wildman–Crippen LogP) is 3.34. The number of carboxylic acid groups (broad SMARTS) is 1. The number of carbonyl (C=O) groups excluding carboxylic acids is 3. The molecule has 10 nitrogen and oxygen atoms in total. The Morgan fingerprint density at radius 3 is 2.62 bits per heavy atom. The highest BCUT2D eigenvalue weighted by Gasteiger charge is 2.39. The zero-order valence-corrected chi connectivity index (χ0v) is 21.8. The average molecular weight is 555 g/mol. The number of hydrazine groups is 1. The van der Waals surface area contributed by atoms with Crippen LogP contribution in [0.4, 0.5) is 15.8 Å². The Morgan fingerprint density at radius 2 is 2.00 bits per heavy atom. The number of carboxylic acids is 1. The van der Waals surface area contributed by atoms with Crippen molar-refractivity contribution in [3.05, 3.63) is 76.2 Å². The molecule has 3 amide bonds. The molecular weight excluding hydrogens is 527 g/mol. The second-order valence-electron chi connectivity index (χ2n) is 8.83. The Morgan fingerprint density at radius 1 is 1.23 bits per heavy atom. The fraction of sp³-hybridized carbons (Fsp3) is 0.259. The molecule has 0 spiro atoms. The molecule has 1 aliphatic rings. The maximum absolute atomic E-state index is 15.0. The molecule has 2 heterocycles. The molecule has 12 heteroatoms. The zero-order chi connectivity index (χ0) is 27.9. The summed E-state index contributed by atoms with van der Waals surface area (Å²) in [5.41, 5.74) is 3.80. The van der Waals surface area contributed by atoms with Crippen molar-refractivity contribution >= 4 is 47.4 Å². The first kappa shape index (κ1) is 27.7.